The van der Waals surface area contributed by atoms with E-state index < -0.39 is 23.6 Å². The topological polar surface area (TPSA) is 70.5 Å². The first kappa shape index (κ1) is 15.3. The average Bonchev–Trinajstić information content (AvgIpc) is 2.84. The average molecular weight is 302 g/mol. The number of pyridine rings is 1. The van der Waals surface area contributed by atoms with Gasteiger partial charge in [0.25, 0.3) is 5.91 Å². The van der Waals surface area contributed by atoms with Crippen molar-refractivity contribution in [3.8, 4) is 0 Å². The van der Waals surface area contributed by atoms with E-state index in [9.17, 15) is 22.8 Å². The van der Waals surface area contributed by atoms with E-state index in [0.29, 0.717) is 19.2 Å². The first-order valence-corrected chi connectivity index (χ1v) is 6.31. The van der Waals surface area contributed by atoms with Crippen LogP contribution in [0.2, 0.25) is 0 Å². The fourth-order valence-electron chi connectivity index (χ4n) is 2.28. The maximum absolute atomic E-state index is 12.4. The van der Waals surface area contributed by atoms with Crippen LogP contribution in [0.25, 0.3) is 0 Å². The van der Waals surface area contributed by atoms with Crippen molar-refractivity contribution in [2.24, 2.45) is 5.92 Å². The van der Waals surface area contributed by atoms with Gasteiger partial charge in [-0.1, -0.05) is 0 Å². The molecular weight excluding hydrogens is 289 g/mol. The summed E-state index contributed by atoms with van der Waals surface area (Å²) in [5, 5.41) is 8.70. The molecule has 1 saturated heterocycles. The Balaban J connectivity index is 2.03. The molecular formula is C13H13F3N2O3. The van der Waals surface area contributed by atoms with Gasteiger partial charge < -0.3 is 10.0 Å². The van der Waals surface area contributed by atoms with Gasteiger partial charge in [-0.25, -0.2) is 0 Å². The number of aromatic nitrogens is 1. The van der Waals surface area contributed by atoms with Gasteiger partial charge in [-0.05, 0) is 24.5 Å². The summed E-state index contributed by atoms with van der Waals surface area (Å²) in [5.41, 5.74) is -0.983. The second kappa shape index (κ2) is 5.71. The van der Waals surface area contributed by atoms with E-state index in [1.54, 1.807) is 0 Å². The molecule has 1 amide bonds. The summed E-state index contributed by atoms with van der Waals surface area (Å²) in [7, 11) is 0. The molecule has 1 N–H and O–H groups in total. The smallest absolute Gasteiger partial charge is 0.417 e. The monoisotopic (exact) mass is 302 g/mol. The summed E-state index contributed by atoms with van der Waals surface area (Å²) in [4.78, 5) is 27.7. The summed E-state index contributed by atoms with van der Waals surface area (Å²) >= 11 is 0. The Hall–Kier alpha value is -2.12. The van der Waals surface area contributed by atoms with E-state index in [0.717, 1.165) is 12.1 Å². The van der Waals surface area contributed by atoms with Gasteiger partial charge in [-0.3, -0.25) is 14.6 Å². The first-order chi connectivity index (χ1) is 9.77. The van der Waals surface area contributed by atoms with E-state index in [4.69, 9.17) is 5.11 Å². The molecule has 1 aliphatic heterocycles. The van der Waals surface area contributed by atoms with Gasteiger partial charge in [0.15, 0.2) is 0 Å². The molecule has 1 unspecified atom stereocenters. The Morgan fingerprint density at radius 2 is 2.10 bits per heavy atom. The summed E-state index contributed by atoms with van der Waals surface area (Å²) in [6, 6.07) is 1.85. The predicted molar refractivity (Wildman–Crippen MR) is 65.5 cm³/mol. The SMILES string of the molecule is O=C(O)CC1CCN(C(=O)c2ccc(C(F)(F)F)cn2)C1. The van der Waals surface area contributed by atoms with Gasteiger partial charge in [-0.15, -0.1) is 0 Å². The number of halogens is 3. The second-order valence-corrected chi connectivity index (χ2v) is 4.93. The number of carbonyl (C=O) groups excluding carboxylic acids is 1. The number of carboxylic acid groups (broad SMARTS) is 1. The number of hydrogen-bond acceptors (Lipinski definition) is 3. The van der Waals surface area contributed by atoms with Gasteiger partial charge in [0.05, 0.1) is 5.56 Å². The minimum atomic E-state index is -4.49. The van der Waals surface area contributed by atoms with E-state index in [1.165, 1.54) is 4.90 Å². The zero-order chi connectivity index (χ0) is 15.6. The molecule has 0 saturated carbocycles. The van der Waals surface area contributed by atoms with Gasteiger partial charge in [-0.2, -0.15) is 13.2 Å². The Bertz CT molecular complexity index is 543. The number of alkyl halides is 3. The molecule has 1 aliphatic rings. The lowest BCUT2D eigenvalue weighted by molar-refractivity contribution is -0.138. The van der Waals surface area contributed by atoms with E-state index in [1.807, 2.05) is 0 Å². The molecule has 1 atom stereocenters. The molecule has 0 aliphatic carbocycles. The van der Waals surface area contributed by atoms with Crippen LogP contribution in [0.1, 0.15) is 28.9 Å². The van der Waals surface area contributed by atoms with Crippen LogP contribution in [0, 0.1) is 5.92 Å². The van der Waals surface area contributed by atoms with Crippen LogP contribution in [0.4, 0.5) is 13.2 Å². The van der Waals surface area contributed by atoms with Crippen molar-refractivity contribution in [2.75, 3.05) is 13.1 Å². The lowest BCUT2D eigenvalue weighted by Gasteiger charge is -2.16. The molecule has 0 aromatic carbocycles. The molecule has 0 bridgehead atoms. The van der Waals surface area contributed by atoms with Crippen LogP contribution in [0.5, 0.6) is 0 Å². The second-order valence-electron chi connectivity index (χ2n) is 4.93. The van der Waals surface area contributed by atoms with Crippen molar-refractivity contribution in [1.29, 1.82) is 0 Å². The maximum Gasteiger partial charge on any atom is 0.417 e. The van der Waals surface area contributed by atoms with E-state index >= 15 is 0 Å². The number of carboxylic acids is 1. The standard InChI is InChI=1S/C13H13F3N2O3/c14-13(15,16)9-1-2-10(17-6-9)12(21)18-4-3-8(7-18)5-11(19)20/h1-2,6,8H,3-5,7H2,(H,19,20). The molecule has 0 spiro atoms. The number of carbonyl (C=O) groups is 2. The van der Waals surface area contributed by atoms with Crippen LogP contribution in [0.3, 0.4) is 0 Å². The zero-order valence-electron chi connectivity index (χ0n) is 10.9. The maximum atomic E-state index is 12.4. The zero-order valence-corrected chi connectivity index (χ0v) is 10.9. The van der Waals surface area contributed by atoms with E-state index in [2.05, 4.69) is 4.98 Å². The van der Waals surface area contributed by atoms with Crippen LogP contribution < -0.4 is 0 Å². The lowest BCUT2D eigenvalue weighted by Crippen LogP contribution is -2.29. The van der Waals surface area contributed by atoms with Gasteiger partial charge in [0.2, 0.25) is 0 Å². The van der Waals surface area contributed by atoms with Crippen molar-refractivity contribution in [1.82, 2.24) is 9.88 Å². The molecule has 2 rings (SSSR count). The summed E-state index contributed by atoms with van der Waals surface area (Å²) in [6.45, 7) is 0.674. The number of rotatable bonds is 3. The highest BCUT2D eigenvalue weighted by Crippen LogP contribution is 2.28. The summed E-state index contributed by atoms with van der Waals surface area (Å²) in [6.07, 6.45) is -3.32. The third-order valence-electron chi connectivity index (χ3n) is 3.35. The molecule has 2 heterocycles. The molecule has 0 radical (unpaired) electrons. The highest BCUT2D eigenvalue weighted by molar-refractivity contribution is 5.92. The third-order valence-corrected chi connectivity index (χ3v) is 3.35. The fourth-order valence-corrected chi connectivity index (χ4v) is 2.28. The normalized spacial score (nSPS) is 18.8. The molecule has 1 aromatic rings. The Morgan fingerprint density at radius 3 is 2.62 bits per heavy atom. The summed E-state index contributed by atoms with van der Waals surface area (Å²) in [5.74, 6) is -1.53. The number of hydrogen-bond donors (Lipinski definition) is 1. The van der Waals surface area contributed by atoms with Crippen molar-refractivity contribution in [3.05, 3.63) is 29.6 Å². The van der Waals surface area contributed by atoms with Crippen molar-refractivity contribution in [3.63, 3.8) is 0 Å². The van der Waals surface area contributed by atoms with Gasteiger partial charge >= 0.3 is 12.1 Å². The fraction of sp³-hybridized carbons (Fsp3) is 0.462. The molecule has 21 heavy (non-hydrogen) atoms. The quantitative estimate of drug-likeness (QED) is 0.927. The van der Waals surface area contributed by atoms with Gasteiger partial charge in [0, 0.05) is 25.7 Å². The number of amides is 1. The minimum absolute atomic E-state index is 0.0236. The van der Waals surface area contributed by atoms with Crippen molar-refractivity contribution >= 4 is 11.9 Å². The van der Waals surface area contributed by atoms with Crippen molar-refractivity contribution < 1.29 is 27.9 Å². The van der Waals surface area contributed by atoms with Crippen LogP contribution in [0.15, 0.2) is 18.3 Å². The molecule has 1 aromatic heterocycles. The Kier molecular flexibility index (Phi) is 4.15. The largest absolute Gasteiger partial charge is 0.481 e. The van der Waals surface area contributed by atoms with Crippen molar-refractivity contribution in [2.45, 2.75) is 19.0 Å². The summed E-state index contributed by atoms with van der Waals surface area (Å²) < 4.78 is 37.2. The lowest BCUT2D eigenvalue weighted by atomic mass is 10.1. The Morgan fingerprint density at radius 1 is 1.38 bits per heavy atom. The Labute approximate surface area is 118 Å². The van der Waals surface area contributed by atoms with Crippen LogP contribution >= 0.6 is 0 Å². The predicted octanol–water partition coefficient (Wildman–Crippen LogP) is 2.04. The highest BCUT2D eigenvalue weighted by atomic mass is 19.4. The first-order valence-electron chi connectivity index (χ1n) is 6.31. The van der Waals surface area contributed by atoms with Gasteiger partial charge in [0.1, 0.15) is 5.69 Å². The minimum Gasteiger partial charge on any atom is -0.481 e. The number of aliphatic carboxylic acids is 1. The molecule has 114 valence electrons. The molecule has 1 fully saturated rings. The van der Waals surface area contributed by atoms with E-state index in [-0.39, 0.29) is 24.6 Å². The number of nitrogens with zero attached hydrogens (tertiary/aromatic N) is 2. The van der Waals surface area contributed by atoms with Crippen LogP contribution in [-0.4, -0.2) is 40.0 Å². The van der Waals surface area contributed by atoms with Crippen LogP contribution in [-0.2, 0) is 11.0 Å². The molecule has 8 heteroatoms. The highest BCUT2D eigenvalue weighted by Gasteiger charge is 2.32. The third kappa shape index (κ3) is 3.71. The molecule has 5 nitrogen and oxygen atoms in total. The number of likely N-dealkylation sites (tertiary alicyclic amines) is 1.